The van der Waals surface area contributed by atoms with Crippen LogP contribution in [0.3, 0.4) is 0 Å². The molecule has 2 unspecified atom stereocenters. The number of nitrogens with zero attached hydrogens (tertiary/aromatic N) is 3. The predicted molar refractivity (Wildman–Crippen MR) is 126 cm³/mol. The number of para-hydroxylation sites is 1. The Morgan fingerprint density at radius 1 is 0.824 bits per heavy atom. The molecule has 180 valence electrons. The largest absolute Gasteiger partial charge is 0.366 e. The van der Waals surface area contributed by atoms with Crippen molar-refractivity contribution in [3.8, 4) is 0 Å². The summed E-state index contributed by atoms with van der Waals surface area (Å²) in [5.41, 5.74) is 2.13. The van der Waals surface area contributed by atoms with Crippen molar-refractivity contribution in [3.05, 3.63) is 65.2 Å². The highest BCUT2D eigenvalue weighted by Crippen LogP contribution is 2.37. The normalized spacial score (nSPS) is 23.2. The van der Waals surface area contributed by atoms with Crippen molar-refractivity contribution in [1.29, 1.82) is 0 Å². The molecular weight excluding hydrogens is 436 g/mol. The van der Waals surface area contributed by atoms with Crippen molar-refractivity contribution in [3.63, 3.8) is 0 Å². The van der Waals surface area contributed by atoms with Gasteiger partial charge in [-0.2, -0.15) is 0 Å². The second-order valence-corrected chi connectivity index (χ2v) is 9.92. The molecule has 5 rings (SSSR count). The Labute approximate surface area is 199 Å². The number of carbonyl (C=O) groups excluding carboxylic acids is 2. The van der Waals surface area contributed by atoms with E-state index in [2.05, 4.69) is 0 Å². The fourth-order valence-electron chi connectivity index (χ4n) is 5.34. The zero-order chi connectivity index (χ0) is 23.8. The summed E-state index contributed by atoms with van der Waals surface area (Å²) in [4.78, 5) is 32.2. The van der Waals surface area contributed by atoms with E-state index in [4.69, 9.17) is 0 Å². The number of piperazine rings is 1. The quantitative estimate of drug-likeness (QED) is 0.684. The van der Waals surface area contributed by atoms with Gasteiger partial charge in [0.2, 0.25) is 11.8 Å². The van der Waals surface area contributed by atoms with Crippen LogP contribution in [0, 0.1) is 30.4 Å². The molecule has 1 saturated carbocycles. The molecular formula is C27H31F2N3O2. The van der Waals surface area contributed by atoms with Gasteiger partial charge in [0.15, 0.2) is 0 Å². The minimum atomic E-state index is -0.285. The molecule has 0 radical (unpaired) electrons. The average Bonchev–Trinajstić information content (AvgIpc) is 3.70. The molecule has 0 bridgehead atoms. The summed E-state index contributed by atoms with van der Waals surface area (Å²) in [7, 11) is 0. The van der Waals surface area contributed by atoms with Crippen molar-refractivity contribution in [1.82, 2.24) is 9.80 Å². The van der Waals surface area contributed by atoms with Gasteiger partial charge < -0.3 is 14.7 Å². The third-order valence-electron chi connectivity index (χ3n) is 7.48. The van der Waals surface area contributed by atoms with Crippen LogP contribution in [0.25, 0.3) is 0 Å². The van der Waals surface area contributed by atoms with Crippen molar-refractivity contribution < 1.29 is 18.4 Å². The van der Waals surface area contributed by atoms with Crippen molar-refractivity contribution in [2.75, 3.05) is 44.2 Å². The Bertz CT molecular complexity index is 1080. The summed E-state index contributed by atoms with van der Waals surface area (Å²) in [6, 6.07) is 11.8. The Kier molecular flexibility index (Phi) is 6.28. The van der Waals surface area contributed by atoms with E-state index in [1.807, 2.05) is 26.8 Å². The Morgan fingerprint density at radius 3 is 2.21 bits per heavy atom. The number of piperidine rings is 1. The molecule has 2 aliphatic heterocycles. The van der Waals surface area contributed by atoms with Gasteiger partial charge in [-0.15, -0.1) is 0 Å². The van der Waals surface area contributed by atoms with Gasteiger partial charge >= 0.3 is 0 Å². The number of amides is 2. The Balaban J connectivity index is 1.30. The highest BCUT2D eigenvalue weighted by atomic mass is 19.1. The summed E-state index contributed by atoms with van der Waals surface area (Å²) in [5.74, 6) is -0.479. The minimum absolute atomic E-state index is 0.00408. The topological polar surface area (TPSA) is 43.9 Å². The summed E-state index contributed by atoms with van der Waals surface area (Å²) in [6.45, 7) is 4.96. The smallest absolute Gasteiger partial charge is 0.227 e. The second-order valence-electron chi connectivity index (χ2n) is 9.92. The second kappa shape index (κ2) is 9.35. The van der Waals surface area contributed by atoms with Gasteiger partial charge in [0.05, 0.1) is 11.6 Å². The van der Waals surface area contributed by atoms with Crippen molar-refractivity contribution >= 4 is 17.5 Å². The molecule has 2 aromatic rings. The van der Waals surface area contributed by atoms with Crippen LogP contribution in [0.2, 0.25) is 0 Å². The number of carbonyl (C=O) groups is 2. The first kappa shape index (κ1) is 22.8. The van der Waals surface area contributed by atoms with Gasteiger partial charge in [0.1, 0.15) is 11.6 Å². The number of hydrogen-bond acceptors (Lipinski definition) is 3. The molecule has 2 atom stereocenters. The SMILES string of the molecule is Cc1cc(C2CC(C(=O)N3CCN(c4ccccc4F)CC3)CN(C(=O)C3CC3)C2)ccc1F. The maximum atomic E-state index is 14.2. The molecule has 5 nitrogen and oxygen atoms in total. The Hall–Kier alpha value is -2.96. The lowest BCUT2D eigenvalue weighted by Crippen LogP contribution is -2.54. The van der Waals surface area contributed by atoms with E-state index >= 15 is 0 Å². The maximum absolute atomic E-state index is 14.2. The van der Waals surface area contributed by atoms with Crippen LogP contribution in [0.4, 0.5) is 14.5 Å². The zero-order valence-electron chi connectivity index (χ0n) is 19.6. The van der Waals surface area contributed by atoms with Crippen LogP contribution >= 0.6 is 0 Å². The fraction of sp³-hybridized carbons (Fsp3) is 0.481. The first-order valence-electron chi connectivity index (χ1n) is 12.2. The summed E-state index contributed by atoms with van der Waals surface area (Å²) < 4.78 is 28.0. The van der Waals surface area contributed by atoms with Crippen LogP contribution in [-0.4, -0.2) is 60.9 Å². The molecule has 2 heterocycles. The summed E-state index contributed by atoms with van der Waals surface area (Å²) >= 11 is 0. The third-order valence-corrected chi connectivity index (χ3v) is 7.48. The third kappa shape index (κ3) is 4.65. The van der Waals surface area contributed by atoms with Gasteiger partial charge in [-0.1, -0.05) is 24.3 Å². The predicted octanol–water partition coefficient (Wildman–Crippen LogP) is 3.96. The molecule has 2 amide bonds. The first-order chi connectivity index (χ1) is 16.4. The number of hydrogen-bond donors (Lipinski definition) is 0. The zero-order valence-corrected chi connectivity index (χ0v) is 19.6. The van der Waals surface area contributed by atoms with Gasteiger partial charge in [-0.3, -0.25) is 9.59 Å². The highest BCUT2D eigenvalue weighted by Gasteiger charge is 2.41. The van der Waals surface area contributed by atoms with Crippen molar-refractivity contribution in [2.24, 2.45) is 11.8 Å². The maximum Gasteiger partial charge on any atom is 0.227 e. The van der Waals surface area contributed by atoms with E-state index in [1.165, 1.54) is 12.1 Å². The van der Waals surface area contributed by atoms with E-state index < -0.39 is 0 Å². The summed E-state index contributed by atoms with van der Waals surface area (Å²) in [6.07, 6.45) is 2.49. The number of benzene rings is 2. The van der Waals surface area contributed by atoms with E-state index in [0.717, 1.165) is 18.4 Å². The molecule has 2 aromatic carbocycles. The lowest BCUT2D eigenvalue weighted by atomic mass is 9.83. The van der Waals surface area contributed by atoms with Gasteiger partial charge in [-0.25, -0.2) is 8.78 Å². The monoisotopic (exact) mass is 467 g/mol. The fourth-order valence-corrected chi connectivity index (χ4v) is 5.34. The molecule has 34 heavy (non-hydrogen) atoms. The van der Waals surface area contributed by atoms with Gasteiger partial charge in [0, 0.05) is 51.1 Å². The van der Waals surface area contributed by atoms with E-state index in [9.17, 15) is 18.4 Å². The molecule has 0 spiro atoms. The lowest BCUT2D eigenvalue weighted by Gasteiger charge is -2.42. The molecule has 0 N–H and O–H groups in total. The van der Waals surface area contributed by atoms with Gasteiger partial charge in [-0.05, 0) is 55.5 Å². The molecule has 3 fully saturated rings. The van der Waals surface area contributed by atoms with E-state index in [0.29, 0.717) is 56.9 Å². The first-order valence-corrected chi connectivity index (χ1v) is 12.2. The van der Waals surface area contributed by atoms with E-state index in [1.54, 1.807) is 25.1 Å². The molecule has 3 aliphatic rings. The van der Waals surface area contributed by atoms with Crippen LogP contribution in [0.15, 0.2) is 42.5 Å². The number of aryl methyl sites for hydroxylation is 1. The summed E-state index contributed by atoms with van der Waals surface area (Å²) in [5, 5.41) is 0. The molecule has 2 saturated heterocycles. The highest BCUT2D eigenvalue weighted by molar-refractivity contribution is 5.84. The number of halogens is 2. The number of likely N-dealkylation sites (tertiary alicyclic amines) is 1. The van der Waals surface area contributed by atoms with Crippen molar-refractivity contribution in [2.45, 2.75) is 32.1 Å². The van der Waals surface area contributed by atoms with Crippen LogP contribution in [0.5, 0.6) is 0 Å². The number of anilines is 1. The standard InChI is InChI=1S/C27H31F2N3O2/c1-18-14-20(8-9-23(18)28)21-15-22(17-32(16-21)26(33)19-6-7-19)27(34)31-12-10-30(11-13-31)25-5-3-2-4-24(25)29/h2-5,8-9,14,19,21-22H,6-7,10-13,15-17H2,1H3. The number of rotatable bonds is 4. The van der Waals surface area contributed by atoms with Crippen LogP contribution < -0.4 is 4.90 Å². The van der Waals surface area contributed by atoms with Gasteiger partial charge in [0.25, 0.3) is 0 Å². The average molecular weight is 468 g/mol. The van der Waals surface area contributed by atoms with E-state index in [-0.39, 0.29) is 41.2 Å². The minimum Gasteiger partial charge on any atom is -0.366 e. The molecule has 0 aromatic heterocycles. The van der Waals surface area contributed by atoms with Crippen LogP contribution in [-0.2, 0) is 9.59 Å². The lowest BCUT2D eigenvalue weighted by molar-refractivity contribution is -0.142. The van der Waals surface area contributed by atoms with Crippen LogP contribution in [0.1, 0.15) is 36.3 Å². The Morgan fingerprint density at radius 2 is 1.53 bits per heavy atom. The molecule has 1 aliphatic carbocycles. The molecule has 7 heteroatoms.